The van der Waals surface area contributed by atoms with Crippen molar-refractivity contribution >= 4 is 35.6 Å². The Kier molecular flexibility index (Phi) is 4.40. The van der Waals surface area contributed by atoms with Crippen LogP contribution in [0.2, 0.25) is 0 Å². The van der Waals surface area contributed by atoms with Crippen LogP contribution in [0.5, 0.6) is 0 Å². The Bertz CT molecular complexity index is 497. The molecular formula is C12H17N3O5S. The number of carbonyl (C=O) groups is 4. The molecule has 2 rings (SSSR count). The van der Waals surface area contributed by atoms with Gasteiger partial charge in [0.15, 0.2) is 0 Å². The third-order valence-electron chi connectivity index (χ3n) is 3.54. The second-order valence-corrected chi connectivity index (χ2v) is 6.18. The fourth-order valence-corrected chi connectivity index (χ4v) is 3.81. The number of hydrogen-bond donors (Lipinski definition) is 1. The van der Waals surface area contributed by atoms with Crippen molar-refractivity contribution in [2.24, 2.45) is 0 Å². The van der Waals surface area contributed by atoms with E-state index in [1.54, 1.807) is 0 Å². The van der Waals surface area contributed by atoms with E-state index >= 15 is 0 Å². The Morgan fingerprint density at radius 3 is 2.52 bits per heavy atom. The van der Waals surface area contributed by atoms with Gasteiger partial charge < -0.3 is 14.9 Å². The monoisotopic (exact) mass is 315 g/mol. The van der Waals surface area contributed by atoms with Crippen LogP contribution in [0.25, 0.3) is 0 Å². The van der Waals surface area contributed by atoms with Crippen molar-refractivity contribution in [3.63, 3.8) is 0 Å². The molecule has 9 heteroatoms. The lowest BCUT2D eigenvalue weighted by atomic mass is 10.2. The first-order valence-electron chi connectivity index (χ1n) is 6.57. The van der Waals surface area contributed by atoms with Gasteiger partial charge >= 0.3 is 12.0 Å². The zero-order valence-corrected chi connectivity index (χ0v) is 12.6. The first-order chi connectivity index (χ1) is 9.86. The van der Waals surface area contributed by atoms with Crippen LogP contribution in [-0.4, -0.2) is 80.9 Å². The number of aliphatic carboxylic acids is 1. The van der Waals surface area contributed by atoms with Gasteiger partial charge in [0.25, 0.3) is 5.91 Å². The Hall–Kier alpha value is -1.77. The van der Waals surface area contributed by atoms with Crippen LogP contribution in [-0.2, 0) is 14.4 Å². The Labute approximate surface area is 126 Å². The van der Waals surface area contributed by atoms with Gasteiger partial charge in [0.2, 0.25) is 5.91 Å². The number of likely N-dealkylation sites (N-methyl/N-ethyl adjacent to an activating group) is 1. The largest absolute Gasteiger partial charge is 0.480 e. The highest BCUT2D eigenvalue weighted by Crippen LogP contribution is 2.31. The Morgan fingerprint density at radius 1 is 1.38 bits per heavy atom. The van der Waals surface area contributed by atoms with Crippen LogP contribution < -0.4 is 0 Å². The van der Waals surface area contributed by atoms with Crippen molar-refractivity contribution in [1.82, 2.24) is 14.7 Å². The van der Waals surface area contributed by atoms with E-state index in [1.165, 1.54) is 28.6 Å². The van der Waals surface area contributed by atoms with Crippen molar-refractivity contribution in [2.45, 2.75) is 24.8 Å². The van der Waals surface area contributed by atoms with Crippen molar-refractivity contribution in [2.75, 3.05) is 25.9 Å². The smallest absolute Gasteiger partial charge is 0.327 e. The molecule has 0 aliphatic carbocycles. The van der Waals surface area contributed by atoms with E-state index < -0.39 is 36.4 Å². The molecule has 0 radical (unpaired) electrons. The van der Waals surface area contributed by atoms with E-state index in [4.69, 9.17) is 0 Å². The molecule has 2 heterocycles. The number of nitrogens with zero attached hydrogens (tertiary/aromatic N) is 3. The summed E-state index contributed by atoms with van der Waals surface area (Å²) in [4.78, 5) is 50.4. The van der Waals surface area contributed by atoms with Gasteiger partial charge in [-0.15, -0.1) is 11.8 Å². The van der Waals surface area contributed by atoms with E-state index in [0.717, 1.165) is 4.90 Å². The summed E-state index contributed by atoms with van der Waals surface area (Å²) in [6.45, 7) is 1.41. The number of amides is 4. The molecule has 2 unspecified atom stereocenters. The first kappa shape index (κ1) is 15.6. The molecule has 8 nitrogen and oxygen atoms in total. The summed E-state index contributed by atoms with van der Waals surface area (Å²) in [5.41, 5.74) is 0. The zero-order valence-electron chi connectivity index (χ0n) is 11.8. The topological polar surface area (TPSA) is 98.2 Å². The molecule has 2 saturated heterocycles. The second-order valence-electron chi connectivity index (χ2n) is 4.97. The van der Waals surface area contributed by atoms with E-state index in [-0.39, 0.29) is 11.9 Å². The van der Waals surface area contributed by atoms with E-state index in [2.05, 4.69) is 0 Å². The van der Waals surface area contributed by atoms with Gasteiger partial charge in [-0.1, -0.05) is 6.92 Å². The molecule has 21 heavy (non-hydrogen) atoms. The summed E-state index contributed by atoms with van der Waals surface area (Å²) >= 11 is 1.40. The molecule has 116 valence electrons. The molecule has 2 atom stereocenters. The van der Waals surface area contributed by atoms with Crippen molar-refractivity contribution < 1.29 is 24.3 Å². The fraction of sp³-hybridized carbons (Fsp3) is 0.667. The van der Waals surface area contributed by atoms with Crippen molar-refractivity contribution in [1.29, 1.82) is 0 Å². The molecule has 0 spiro atoms. The number of hydrogen-bond acceptors (Lipinski definition) is 5. The number of rotatable bonds is 4. The molecule has 0 aromatic rings. The van der Waals surface area contributed by atoms with E-state index in [1.807, 2.05) is 6.92 Å². The summed E-state index contributed by atoms with van der Waals surface area (Å²) in [5, 5.41) is 8.96. The summed E-state index contributed by atoms with van der Waals surface area (Å²) in [6, 6.07) is -1.43. The van der Waals surface area contributed by atoms with Crippen LogP contribution in [0.1, 0.15) is 13.3 Å². The van der Waals surface area contributed by atoms with Crippen LogP contribution in [0.15, 0.2) is 0 Å². The van der Waals surface area contributed by atoms with Gasteiger partial charge in [-0.05, 0) is 6.42 Å². The second kappa shape index (κ2) is 5.92. The molecule has 4 amide bonds. The number of imide groups is 1. The minimum atomic E-state index is -1.07. The highest BCUT2D eigenvalue weighted by molar-refractivity contribution is 8.00. The zero-order chi connectivity index (χ0) is 15.7. The molecule has 2 aliphatic rings. The molecule has 2 aliphatic heterocycles. The van der Waals surface area contributed by atoms with E-state index in [9.17, 15) is 24.3 Å². The quantitative estimate of drug-likeness (QED) is 0.712. The highest BCUT2D eigenvalue weighted by Gasteiger charge is 2.43. The minimum absolute atomic E-state index is 0.0551. The summed E-state index contributed by atoms with van der Waals surface area (Å²) in [7, 11) is 1.48. The van der Waals surface area contributed by atoms with Crippen LogP contribution in [0, 0.1) is 0 Å². The van der Waals surface area contributed by atoms with Crippen LogP contribution in [0.4, 0.5) is 4.79 Å². The third kappa shape index (κ3) is 2.82. The van der Waals surface area contributed by atoms with Crippen molar-refractivity contribution in [3.05, 3.63) is 0 Å². The summed E-state index contributed by atoms with van der Waals surface area (Å²) in [5.74, 6) is -1.69. The molecule has 0 bridgehead atoms. The fourth-order valence-electron chi connectivity index (χ4n) is 2.44. The predicted octanol–water partition coefficient (Wildman–Crippen LogP) is -0.355. The molecule has 0 aromatic heterocycles. The lowest BCUT2D eigenvalue weighted by Gasteiger charge is -2.28. The number of thioether (sulfide) groups is 1. The summed E-state index contributed by atoms with van der Waals surface area (Å²) < 4.78 is 0. The van der Waals surface area contributed by atoms with Crippen LogP contribution >= 0.6 is 11.8 Å². The number of carbonyl (C=O) groups excluding carboxylic acids is 3. The Balaban J connectivity index is 2.12. The van der Waals surface area contributed by atoms with E-state index in [0.29, 0.717) is 12.2 Å². The maximum absolute atomic E-state index is 12.4. The van der Waals surface area contributed by atoms with Crippen molar-refractivity contribution in [3.8, 4) is 0 Å². The van der Waals surface area contributed by atoms with Gasteiger partial charge in [-0.3, -0.25) is 14.5 Å². The maximum Gasteiger partial charge on any atom is 0.327 e. The summed E-state index contributed by atoms with van der Waals surface area (Å²) in [6.07, 6.45) is 0.613. The number of urea groups is 1. The number of carboxylic acid groups (broad SMARTS) is 1. The molecule has 1 N–H and O–H groups in total. The number of carboxylic acids is 1. The normalized spacial score (nSPS) is 25.9. The average Bonchev–Trinajstić information content (AvgIpc) is 2.95. The SMILES string of the molecule is CCC1SCC(C(=O)O)N1C(=O)CN1C(=O)CN(C)C1=O. The molecule has 0 aromatic carbocycles. The maximum atomic E-state index is 12.4. The first-order valence-corrected chi connectivity index (χ1v) is 7.62. The standard InChI is InChI=1S/C12H17N3O5S/c1-3-10-15(7(6-21-10)11(18)19)9(17)5-14-8(16)4-13(2)12(14)20/h7,10H,3-6H2,1-2H3,(H,18,19). The van der Waals surface area contributed by atoms with Gasteiger partial charge in [0.1, 0.15) is 19.1 Å². The predicted molar refractivity (Wildman–Crippen MR) is 74.5 cm³/mol. The Morgan fingerprint density at radius 2 is 2.05 bits per heavy atom. The van der Waals surface area contributed by atoms with Gasteiger partial charge in [0.05, 0.1) is 5.37 Å². The van der Waals surface area contributed by atoms with Gasteiger partial charge in [-0.2, -0.15) is 0 Å². The van der Waals surface area contributed by atoms with Crippen LogP contribution in [0.3, 0.4) is 0 Å². The molecule has 2 fully saturated rings. The average molecular weight is 315 g/mol. The minimum Gasteiger partial charge on any atom is -0.480 e. The van der Waals surface area contributed by atoms with Gasteiger partial charge in [0, 0.05) is 12.8 Å². The lowest BCUT2D eigenvalue weighted by molar-refractivity contribution is -0.149. The molecular weight excluding hydrogens is 298 g/mol. The third-order valence-corrected chi connectivity index (χ3v) is 4.99. The highest BCUT2D eigenvalue weighted by atomic mass is 32.2. The molecule has 0 saturated carbocycles. The lowest BCUT2D eigenvalue weighted by Crippen LogP contribution is -2.50. The van der Waals surface area contributed by atoms with Gasteiger partial charge in [-0.25, -0.2) is 9.59 Å².